The standard InChI is InChI=1S/C24H25Cl2FN4O2/c1-14(21-18(25)4-5-19(27)22(21)26)33-20-8-15(10-29-23(20)28)16-11-30-31(12-16)17-9-24(32-13-17)6-2-3-7-24/h4-5,8,10-12,14,17H,2-3,6-7,9,13H2,1H3,(H2,28,29). The summed E-state index contributed by atoms with van der Waals surface area (Å²) in [5.41, 5.74) is 8.16. The van der Waals surface area contributed by atoms with E-state index in [1.165, 1.54) is 25.0 Å². The number of pyridine rings is 1. The molecule has 0 amide bonds. The van der Waals surface area contributed by atoms with Crippen molar-refractivity contribution >= 4 is 29.0 Å². The van der Waals surface area contributed by atoms with Gasteiger partial charge in [-0.15, -0.1) is 0 Å². The van der Waals surface area contributed by atoms with E-state index in [-0.39, 0.29) is 22.5 Å². The highest BCUT2D eigenvalue weighted by Crippen LogP contribution is 2.44. The van der Waals surface area contributed by atoms with Crippen LogP contribution in [0.4, 0.5) is 10.2 Å². The number of nitrogen functional groups attached to an aromatic ring is 1. The Kier molecular flexibility index (Phi) is 5.97. The largest absolute Gasteiger partial charge is 0.482 e. The van der Waals surface area contributed by atoms with Crippen LogP contribution in [-0.4, -0.2) is 27.0 Å². The molecule has 1 saturated carbocycles. The number of hydrogen-bond acceptors (Lipinski definition) is 5. The SMILES string of the molecule is CC(Oc1cc(-c2cnn(C3COC4(CCCC4)C3)c2)cnc1N)c1c(Cl)ccc(F)c1Cl. The minimum Gasteiger partial charge on any atom is -0.482 e. The molecule has 0 radical (unpaired) electrons. The first kappa shape index (κ1) is 22.4. The molecule has 2 aromatic heterocycles. The second-order valence-corrected chi connectivity index (χ2v) is 9.68. The van der Waals surface area contributed by atoms with Gasteiger partial charge in [-0.2, -0.15) is 5.10 Å². The van der Waals surface area contributed by atoms with Crippen LogP contribution in [-0.2, 0) is 4.74 Å². The van der Waals surface area contributed by atoms with Crippen LogP contribution in [0.5, 0.6) is 5.75 Å². The fourth-order valence-corrected chi connectivity index (χ4v) is 5.59. The van der Waals surface area contributed by atoms with E-state index >= 15 is 0 Å². The first-order valence-corrected chi connectivity index (χ1v) is 11.8. The van der Waals surface area contributed by atoms with Crippen LogP contribution in [0.1, 0.15) is 56.7 Å². The third-order valence-electron chi connectivity index (χ3n) is 6.68. The summed E-state index contributed by atoms with van der Waals surface area (Å²) in [5.74, 6) is 0.0151. The minimum atomic E-state index is -0.638. The maximum Gasteiger partial charge on any atom is 0.166 e. The molecule has 9 heteroatoms. The summed E-state index contributed by atoms with van der Waals surface area (Å²) in [4.78, 5) is 4.28. The zero-order chi connectivity index (χ0) is 23.2. The van der Waals surface area contributed by atoms with Gasteiger partial charge in [0.25, 0.3) is 0 Å². The lowest BCUT2D eigenvalue weighted by atomic mass is 9.96. The van der Waals surface area contributed by atoms with Crippen molar-refractivity contribution in [1.82, 2.24) is 14.8 Å². The molecule has 1 aliphatic heterocycles. The Labute approximate surface area is 201 Å². The third kappa shape index (κ3) is 4.29. The number of hydrogen-bond donors (Lipinski definition) is 1. The number of ether oxygens (including phenoxy) is 2. The van der Waals surface area contributed by atoms with Crippen LogP contribution in [0.3, 0.4) is 0 Å². The summed E-state index contributed by atoms with van der Waals surface area (Å²) in [5, 5.41) is 4.83. The maximum absolute atomic E-state index is 13.9. The van der Waals surface area contributed by atoms with Gasteiger partial charge in [0.1, 0.15) is 11.9 Å². The lowest BCUT2D eigenvalue weighted by Crippen LogP contribution is -2.23. The Balaban J connectivity index is 1.36. The van der Waals surface area contributed by atoms with Crippen molar-refractivity contribution in [3.05, 3.63) is 58.2 Å². The zero-order valence-electron chi connectivity index (χ0n) is 18.2. The number of rotatable bonds is 5. The summed E-state index contributed by atoms with van der Waals surface area (Å²) in [6.07, 6.45) is 10.6. The maximum atomic E-state index is 13.9. The molecule has 3 heterocycles. The predicted molar refractivity (Wildman–Crippen MR) is 126 cm³/mol. The Morgan fingerprint density at radius 2 is 2.03 bits per heavy atom. The molecule has 6 nitrogen and oxygen atoms in total. The van der Waals surface area contributed by atoms with E-state index in [4.69, 9.17) is 38.4 Å². The predicted octanol–water partition coefficient (Wildman–Crippen LogP) is 6.39. The van der Waals surface area contributed by atoms with Crippen molar-refractivity contribution in [2.75, 3.05) is 12.3 Å². The summed E-state index contributed by atoms with van der Waals surface area (Å²) < 4.78 is 28.1. The topological polar surface area (TPSA) is 75.2 Å². The van der Waals surface area contributed by atoms with Gasteiger partial charge in [0, 0.05) is 40.5 Å². The van der Waals surface area contributed by atoms with Crippen molar-refractivity contribution in [2.24, 2.45) is 0 Å². The first-order valence-electron chi connectivity index (χ1n) is 11.1. The number of aromatic nitrogens is 3. The van der Waals surface area contributed by atoms with Crippen LogP contribution in [0.15, 0.2) is 36.8 Å². The van der Waals surface area contributed by atoms with Gasteiger partial charge in [-0.1, -0.05) is 36.0 Å². The van der Waals surface area contributed by atoms with Crippen molar-refractivity contribution < 1.29 is 13.9 Å². The number of halogens is 3. The van der Waals surface area contributed by atoms with Gasteiger partial charge in [-0.05, 0) is 38.0 Å². The number of benzene rings is 1. The van der Waals surface area contributed by atoms with Crippen LogP contribution in [0.25, 0.3) is 11.1 Å². The summed E-state index contributed by atoms with van der Waals surface area (Å²) in [7, 11) is 0. The van der Waals surface area contributed by atoms with Crippen molar-refractivity contribution in [1.29, 1.82) is 0 Å². The molecule has 1 aromatic carbocycles. The second-order valence-electron chi connectivity index (χ2n) is 8.89. The Morgan fingerprint density at radius 3 is 2.82 bits per heavy atom. The van der Waals surface area contributed by atoms with E-state index in [2.05, 4.69) is 10.1 Å². The highest BCUT2D eigenvalue weighted by molar-refractivity contribution is 6.36. The van der Waals surface area contributed by atoms with Crippen LogP contribution < -0.4 is 10.5 Å². The molecule has 1 saturated heterocycles. The van der Waals surface area contributed by atoms with Gasteiger partial charge in [0.05, 0.1) is 29.5 Å². The van der Waals surface area contributed by atoms with E-state index in [0.717, 1.165) is 30.4 Å². The van der Waals surface area contributed by atoms with Crippen molar-refractivity contribution in [3.63, 3.8) is 0 Å². The van der Waals surface area contributed by atoms with Gasteiger partial charge in [0.2, 0.25) is 0 Å². The molecular formula is C24H25Cl2FN4O2. The molecule has 174 valence electrons. The number of nitrogens with zero attached hydrogens (tertiary/aromatic N) is 3. The molecule has 0 bridgehead atoms. The molecule has 2 N–H and O–H groups in total. The van der Waals surface area contributed by atoms with Gasteiger partial charge >= 0.3 is 0 Å². The molecule has 5 rings (SSSR count). The van der Waals surface area contributed by atoms with Crippen molar-refractivity contribution in [2.45, 2.75) is 56.8 Å². The molecular weight excluding hydrogens is 466 g/mol. The fourth-order valence-electron chi connectivity index (χ4n) is 4.92. The fraction of sp³-hybridized carbons (Fsp3) is 0.417. The average molecular weight is 491 g/mol. The van der Waals surface area contributed by atoms with Gasteiger partial charge in [0.15, 0.2) is 11.6 Å². The normalized spacial score (nSPS) is 20.4. The number of anilines is 1. The van der Waals surface area contributed by atoms with Gasteiger partial charge in [-0.25, -0.2) is 9.37 Å². The molecule has 2 unspecified atom stereocenters. The average Bonchev–Trinajstić information content (AvgIpc) is 3.55. The molecule has 1 aliphatic carbocycles. The molecule has 2 atom stereocenters. The molecule has 2 fully saturated rings. The van der Waals surface area contributed by atoms with E-state index in [1.54, 1.807) is 25.4 Å². The van der Waals surface area contributed by atoms with E-state index in [1.807, 2.05) is 10.9 Å². The van der Waals surface area contributed by atoms with E-state index < -0.39 is 11.9 Å². The third-order valence-corrected chi connectivity index (χ3v) is 7.40. The Bertz CT molecular complexity index is 1180. The molecule has 33 heavy (non-hydrogen) atoms. The van der Waals surface area contributed by atoms with E-state index in [0.29, 0.717) is 22.9 Å². The monoisotopic (exact) mass is 490 g/mol. The second kappa shape index (κ2) is 8.78. The van der Waals surface area contributed by atoms with Crippen LogP contribution in [0.2, 0.25) is 10.0 Å². The van der Waals surface area contributed by atoms with Crippen molar-refractivity contribution in [3.8, 4) is 16.9 Å². The Morgan fingerprint density at radius 1 is 1.24 bits per heavy atom. The quantitative estimate of drug-likeness (QED) is 0.419. The van der Waals surface area contributed by atoms with Gasteiger partial charge in [-0.3, -0.25) is 4.68 Å². The van der Waals surface area contributed by atoms with Crippen LogP contribution >= 0.6 is 23.2 Å². The minimum absolute atomic E-state index is 0.0378. The lowest BCUT2D eigenvalue weighted by molar-refractivity contribution is 0.00947. The first-order chi connectivity index (χ1) is 15.8. The highest BCUT2D eigenvalue weighted by atomic mass is 35.5. The molecule has 2 aliphatic rings. The van der Waals surface area contributed by atoms with Gasteiger partial charge < -0.3 is 15.2 Å². The number of nitrogens with two attached hydrogens (primary N) is 1. The van der Waals surface area contributed by atoms with E-state index in [9.17, 15) is 4.39 Å². The van der Waals surface area contributed by atoms with Crippen LogP contribution in [0, 0.1) is 5.82 Å². The Hall–Kier alpha value is -2.35. The molecule has 1 spiro atoms. The zero-order valence-corrected chi connectivity index (χ0v) is 19.7. The summed E-state index contributed by atoms with van der Waals surface area (Å²) in [6, 6.07) is 4.70. The summed E-state index contributed by atoms with van der Waals surface area (Å²) >= 11 is 12.4. The lowest BCUT2D eigenvalue weighted by Gasteiger charge is -2.21. The smallest absolute Gasteiger partial charge is 0.166 e. The molecule has 3 aromatic rings. The highest BCUT2D eigenvalue weighted by Gasteiger charge is 2.43. The summed E-state index contributed by atoms with van der Waals surface area (Å²) in [6.45, 7) is 2.41.